The van der Waals surface area contributed by atoms with E-state index in [1.807, 2.05) is 0 Å². The Morgan fingerprint density at radius 1 is 0.939 bits per heavy atom. The fourth-order valence-corrected chi connectivity index (χ4v) is 3.69. The van der Waals surface area contributed by atoms with Crippen LogP contribution >= 0.6 is 0 Å². The predicted molar refractivity (Wildman–Crippen MR) is 118 cm³/mol. The highest BCUT2D eigenvalue weighted by atomic mass is 32.2. The van der Waals surface area contributed by atoms with Gasteiger partial charge < -0.3 is 9.84 Å². The molecule has 170 valence electrons. The van der Waals surface area contributed by atoms with Crippen LogP contribution in [0.2, 0.25) is 0 Å². The maximum Gasteiger partial charge on any atom is 0.339 e. The minimum Gasteiger partial charge on any atom is -0.478 e. The van der Waals surface area contributed by atoms with Gasteiger partial charge in [0.25, 0.3) is 10.0 Å². The molecule has 33 heavy (non-hydrogen) atoms. The number of carboxylic acids is 1. The zero-order valence-electron chi connectivity index (χ0n) is 17.8. The van der Waals surface area contributed by atoms with E-state index in [4.69, 9.17) is 4.74 Å². The zero-order valence-corrected chi connectivity index (χ0v) is 18.6. The second-order valence-corrected chi connectivity index (χ2v) is 8.54. The van der Waals surface area contributed by atoms with E-state index < -0.39 is 22.0 Å². The van der Waals surface area contributed by atoms with Crippen molar-refractivity contribution in [2.45, 2.75) is 25.7 Å². The lowest BCUT2D eigenvalue weighted by atomic mass is 10.2. The number of aromatic nitrogens is 2. The molecule has 0 amide bonds. The summed E-state index contributed by atoms with van der Waals surface area (Å²) < 4.78 is 32.4. The standard InChI is InChI=1S/C21H19N5O6S/c1-12-10-13(2)23-21(22-12)26-33(30,31)17-7-4-15(5-8-17)24-25-16-6-9-19(32-14(3)27)18(11-16)20(28)29/h4-11H,1-3H3,(H,28,29)(H,22,23,26). The number of nitrogens with one attached hydrogen (secondary N) is 1. The Morgan fingerprint density at radius 2 is 1.52 bits per heavy atom. The summed E-state index contributed by atoms with van der Waals surface area (Å²) in [5, 5.41) is 17.2. The van der Waals surface area contributed by atoms with Crippen LogP contribution in [0.1, 0.15) is 28.7 Å². The number of hydrogen-bond donors (Lipinski definition) is 2. The summed E-state index contributed by atoms with van der Waals surface area (Å²) in [5.41, 5.74) is 1.54. The number of nitrogens with zero attached hydrogens (tertiary/aromatic N) is 4. The van der Waals surface area contributed by atoms with Gasteiger partial charge in [0, 0.05) is 18.3 Å². The summed E-state index contributed by atoms with van der Waals surface area (Å²) in [6.07, 6.45) is 0. The number of ether oxygens (including phenoxy) is 1. The van der Waals surface area contributed by atoms with Crippen molar-refractivity contribution in [2.75, 3.05) is 4.72 Å². The van der Waals surface area contributed by atoms with Crippen molar-refractivity contribution in [2.24, 2.45) is 10.2 Å². The number of carboxylic acid groups (broad SMARTS) is 1. The number of hydrogen-bond acceptors (Lipinski definition) is 9. The Balaban J connectivity index is 1.78. The molecule has 3 aromatic rings. The number of benzene rings is 2. The molecular formula is C21H19N5O6S. The minimum atomic E-state index is -3.91. The fraction of sp³-hybridized carbons (Fsp3) is 0.143. The third-order valence-electron chi connectivity index (χ3n) is 4.08. The summed E-state index contributed by atoms with van der Waals surface area (Å²) in [6, 6.07) is 11.2. The average molecular weight is 469 g/mol. The molecule has 0 atom stereocenters. The Morgan fingerprint density at radius 3 is 2.09 bits per heavy atom. The highest BCUT2D eigenvalue weighted by Crippen LogP contribution is 2.27. The van der Waals surface area contributed by atoms with Crippen molar-refractivity contribution in [1.82, 2.24) is 9.97 Å². The summed E-state index contributed by atoms with van der Waals surface area (Å²) in [6.45, 7) is 4.62. The molecule has 0 saturated heterocycles. The molecule has 0 bridgehead atoms. The molecule has 0 fully saturated rings. The second kappa shape index (κ2) is 9.53. The predicted octanol–water partition coefficient (Wildman–Crippen LogP) is 3.93. The van der Waals surface area contributed by atoms with Crippen LogP contribution in [0.25, 0.3) is 0 Å². The third-order valence-corrected chi connectivity index (χ3v) is 5.43. The number of aryl methyl sites for hydroxylation is 2. The molecule has 0 aliphatic rings. The maximum atomic E-state index is 12.6. The van der Waals surface area contributed by atoms with Gasteiger partial charge in [-0.05, 0) is 62.4 Å². The molecule has 0 saturated carbocycles. The Bertz CT molecular complexity index is 1330. The van der Waals surface area contributed by atoms with E-state index in [2.05, 4.69) is 24.9 Å². The number of esters is 1. The van der Waals surface area contributed by atoms with E-state index in [9.17, 15) is 23.1 Å². The molecule has 0 aliphatic carbocycles. The van der Waals surface area contributed by atoms with Gasteiger partial charge in [-0.25, -0.2) is 27.9 Å². The fourth-order valence-electron chi connectivity index (χ4n) is 2.75. The molecule has 1 aromatic heterocycles. The highest BCUT2D eigenvalue weighted by molar-refractivity contribution is 7.92. The summed E-state index contributed by atoms with van der Waals surface area (Å²) in [5.74, 6) is -2.08. The van der Waals surface area contributed by atoms with Gasteiger partial charge in [0.15, 0.2) is 0 Å². The van der Waals surface area contributed by atoms with Gasteiger partial charge in [0.2, 0.25) is 5.95 Å². The molecule has 2 N–H and O–H groups in total. The molecule has 1 heterocycles. The number of aromatic carboxylic acids is 1. The van der Waals surface area contributed by atoms with Crippen molar-refractivity contribution >= 4 is 39.3 Å². The number of azo groups is 1. The normalized spacial score (nSPS) is 11.4. The average Bonchev–Trinajstić information content (AvgIpc) is 2.71. The van der Waals surface area contributed by atoms with Crippen LogP contribution < -0.4 is 9.46 Å². The quantitative estimate of drug-likeness (QED) is 0.299. The van der Waals surface area contributed by atoms with E-state index in [-0.39, 0.29) is 27.8 Å². The van der Waals surface area contributed by atoms with E-state index in [1.165, 1.54) is 42.5 Å². The minimum absolute atomic E-state index is 0.0249. The van der Waals surface area contributed by atoms with Gasteiger partial charge >= 0.3 is 11.9 Å². The summed E-state index contributed by atoms with van der Waals surface area (Å²) in [4.78, 5) is 30.6. The van der Waals surface area contributed by atoms with Crippen molar-refractivity contribution in [3.8, 4) is 5.75 Å². The zero-order chi connectivity index (χ0) is 24.2. The van der Waals surface area contributed by atoms with Crippen LogP contribution in [0.3, 0.4) is 0 Å². The molecule has 11 nitrogen and oxygen atoms in total. The van der Waals surface area contributed by atoms with E-state index in [0.29, 0.717) is 17.1 Å². The number of anilines is 1. The number of carbonyl (C=O) groups is 2. The smallest absolute Gasteiger partial charge is 0.339 e. The molecular weight excluding hydrogens is 450 g/mol. The highest BCUT2D eigenvalue weighted by Gasteiger charge is 2.16. The molecule has 0 aliphatic heterocycles. The molecule has 2 aromatic carbocycles. The van der Waals surface area contributed by atoms with Gasteiger partial charge in [-0.3, -0.25) is 4.79 Å². The van der Waals surface area contributed by atoms with Crippen molar-refractivity contribution in [3.63, 3.8) is 0 Å². The molecule has 3 rings (SSSR count). The van der Waals surface area contributed by atoms with Crippen LogP contribution in [0, 0.1) is 13.8 Å². The van der Waals surface area contributed by atoms with Gasteiger partial charge in [-0.2, -0.15) is 10.2 Å². The Labute approximate surface area is 189 Å². The molecule has 0 unspecified atom stereocenters. The summed E-state index contributed by atoms with van der Waals surface area (Å²) in [7, 11) is -3.91. The van der Waals surface area contributed by atoms with Crippen LogP contribution in [0.15, 0.2) is 63.7 Å². The topological polar surface area (TPSA) is 160 Å². The van der Waals surface area contributed by atoms with Crippen LogP contribution in [0.5, 0.6) is 5.75 Å². The first-order chi connectivity index (χ1) is 15.5. The van der Waals surface area contributed by atoms with Gasteiger partial charge in [0.1, 0.15) is 11.3 Å². The first kappa shape index (κ1) is 23.5. The van der Waals surface area contributed by atoms with E-state index >= 15 is 0 Å². The lowest BCUT2D eigenvalue weighted by molar-refractivity contribution is -0.131. The Kier molecular flexibility index (Phi) is 6.78. The van der Waals surface area contributed by atoms with E-state index in [0.717, 1.165) is 6.92 Å². The van der Waals surface area contributed by atoms with Gasteiger partial charge in [-0.1, -0.05) is 0 Å². The van der Waals surface area contributed by atoms with E-state index in [1.54, 1.807) is 19.9 Å². The molecule has 12 heteroatoms. The number of sulfonamides is 1. The lowest BCUT2D eigenvalue weighted by Crippen LogP contribution is -2.15. The van der Waals surface area contributed by atoms with Crippen LogP contribution in [0.4, 0.5) is 17.3 Å². The van der Waals surface area contributed by atoms with Crippen molar-refractivity contribution in [1.29, 1.82) is 0 Å². The number of rotatable bonds is 7. The van der Waals surface area contributed by atoms with Crippen molar-refractivity contribution in [3.05, 3.63) is 65.5 Å². The lowest BCUT2D eigenvalue weighted by Gasteiger charge is -2.08. The van der Waals surface area contributed by atoms with Gasteiger partial charge in [0.05, 0.1) is 16.3 Å². The maximum absolute atomic E-state index is 12.6. The van der Waals surface area contributed by atoms with Crippen LogP contribution in [-0.2, 0) is 14.8 Å². The first-order valence-corrected chi connectivity index (χ1v) is 10.9. The van der Waals surface area contributed by atoms with Crippen LogP contribution in [-0.4, -0.2) is 35.4 Å². The Hall–Kier alpha value is -4.19. The van der Waals surface area contributed by atoms with Gasteiger partial charge in [-0.15, -0.1) is 0 Å². The largest absolute Gasteiger partial charge is 0.478 e. The molecule has 0 spiro atoms. The van der Waals surface area contributed by atoms with Crippen molar-refractivity contribution < 1.29 is 27.9 Å². The third kappa shape index (κ3) is 6.17. The second-order valence-electron chi connectivity index (χ2n) is 6.85. The molecule has 0 radical (unpaired) electrons. The number of carbonyl (C=O) groups excluding carboxylic acids is 1. The SMILES string of the molecule is CC(=O)Oc1ccc(N=Nc2ccc(S(=O)(=O)Nc3nc(C)cc(C)n3)cc2)cc1C(=O)O. The summed E-state index contributed by atoms with van der Waals surface area (Å²) >= 11 is 0. The first-order valence-electron chi connectivity index (χ1n) is 9.46. The monoisotopic (exact) mass is 469 g/mol.